The van der Waals surface area contributed by atoms with Crippen LogP contribution in [0.4, 0.5) is 4.39 Å². The van der Waals surface area contributed by atoms with E-state index in [1.807, 2.05) is 19.1 Å². The average Bonchev–Trinajstić information content (AvgIpc) is 2.27. The van der Waals surface area contributed by atoms with Crippen molar-refractivity contribution in [2.45, 2.75) is 27.3 Å². The molecule has 0 amide bonds. The van der Waals surface area contributed by atoms with E-state index in [-0.39, 0.29) is 6.61 Å². The second kappa shape index (κ2) is 7.74. The van der Waals surface area contributed by atoms with E-state index in [1.54, 1.807) is 0 Å². The molecule has 102 valence electrons. The van der Waals surface area contributed by atoms with Crippen LogP contribution in [0.3, 0.4) is 0 Å². The molecule has 18 heavy (non-hydrogen) atoms. The van der Waals surface area contributed by atoms with E-state index >= 15 is 0 Å². The molecular formula is C14H21BrFNO. The molecule has 1 rings (SSSR count). The van der Waals surface area contributed by atoms with Gasteiger partial charge in [0.25, 0.3) is 0 Å². The summed E-state index contributed by atoms with van der Waals surface area (Å²) in [5.41, 5.74) is 2.09. The lowest BCUT2D eigenvalue weighted by Gasteiger charge is -2.15. The van der Waals surface area contributed by atoms with E-state index in [0.29, 0.717) is 5.92 Å². The normalized spacial score (nSPS) is 11.0. The van der Waals surface area contributed by atoms with Gasteiger partial charge in [0.15, 0.2) is 0 Å². The van der Waals surface area contributed by atoms with Gasteiger partial charge in [-0.15, -0.1) is 0 Å². The van der Waals surface area contributed by atoms with Gasteiger partial charge < -0.3 is 10.1 Å². The molecule has 4 heteroatoms. The van der Waals surface area contributed by atoms with Crippen LogP contribution in [0.1, 0.15) is 25.0 Å². The quantitative estimate of drug-likeness (QED) is 0.824. The summed E-state index contributed by atoms with van der Waals surface area (Å²) in [7, 11) is 0. The first-order valence-electron chi connectivity index (χ1n) is 6.23. The molecule has 1 N–H and O–H groups in total. The molecular weight excluding hydrogens is 297 g/mol. The first kappa shape index (κ1) is 15.4. The lowest BCUT2D eigenvalue weighted by molar-refractivity contribution is 0.269. The molecule has 0 radical (unpaired) electrons. The van der Waals surface area contributed by atoms with Crippen molar-refractivity contribution in [3.05, 3.63) is 27.7 Å². The first-order chi connectivity index (χ1) is 8.54. The number of ether oxygens (including phenoxy) is 1. The summed E-state index contributed by atoms with van der Waals surface area (Å²) in [6.45, 7) is 7.64. The number of aryl methyl sites for hydroxylation is 1. The van der Waals surface area contributed by atoms with Crippen molar-refractivity contribution in [2.24, 2.45) is 5.92 Å². The van der Waals surface area contributed by atoms with Crippen molar-refractivity contribution in [1.82, 2.24) is 5.32 Å². The zero-order valence-electron chi connectivity index (χ0n) is 11.2. The van der Waals surface area contributed by atoms with Crippen molar-refractivity contribution in [2.75, 3.05) is 19.8 Å². The summed E-state index contributed by atoms with van der Waals surface area (Å²) in [6.07, 6.45) is 0. The van der Waals surface area contributed by atoms with Crippen LogP contribution in [0, 0.1) is 12.8 Å². The molecule has 0 unspecified atom stereocenters. The van der Waals surface area contributed by atoms with Gasteiger partial charge in [-0.05, 0) is 37.1 Å². The van der Waals surface area contributed by atoms with E-state index in [1.165, 1.54) is 0 Å². The highest BCUT2D eigenvalue weighted by molar-refractivity contribution is 9.10. The molecule has 1 aromatic rings. The summed E-state index contributed by atoms with van der Waals surface area (Å²) >= 11 is 3.48. The smallest absolute Gasteiger partial charge is 0.126 e. The molecule has 0 aliphatic heterocycles. The first-order valence-corrected chi connectivity index (χ1v) is 7.02. The number of alkyl halides is 1. The average molecular weight is 318 g/mol. The van der Waals surface area contributed by atoms with Crippen LogP contribution in [0.2, 0.25) is 0 Å². The number of nitrogens with one attached hydrogen (secondary N) is 1. The maximum atomic E-state index is 12.2. The molecule has 0 saturated heterocycles. The maximum absolute atomic E-state index is 12.2. The van der Waals surface area contributed by atoms with E-state index in [9.17, 15) is 4.39 Å². The van der Waals surface area contributed by atoms with Crippen LogP contribution < -0.4 is 10.1 Å². The molecule has 0 atom stereocenters. The number of hydrogen-bond donors (Lipinski definition) is 1. The van der Waals surface area contributed by atoms with Crippen molar-refractivity contribution in [3.8, 4) is 5.75 Å². The Hall–Kier alpha value is -0.610. The SMILES string of the molecule is Cc1cc(Br)cc(CNCC(C)C)c1OCCF. The van der Waals surface area contributed by atoms with Crippen molar-refractivity contribution >= 4 is 15.9 Å². The van der Waals surface area contributed by atoms with Gasteiger partial charge >= 0.3 is 0 Å². The van der Waals surface area contributed by atoms with E-state index in [4.69, 9.17) is 4.74 Å². The minimum Gasteiger partial charge on any atom is -0.490 e. The van der Waals surface area contributed by atoms with Gasteiger partial charge in [-0.1, -0.05) is 29.8 Å². The van der Waals surface area contributed by atoms with Crippen LogP contribution >= 0.6 is 15.9 Å². The highest BCUT2D eigenvalue weighted by atomic mass is 79.9. The molecule has 0 bridgehead atoms. The predicted molar refractivity (Wildman–Crippen MR) is 76.9 cm³/mol. The molecule has 0 spiro atoms. The third-order valence-electron chi connectivity index (χ3n) is 2.51. The van der Waals surface area contributed by atoms with Crippen LogP contribution in [0.5, 0.6) is 5.75 Å². The third-order valence-corrected chi connectivity index (χ3v) is 2.97. The number of benzene rings is 1. The van der Waals surface area contributed by atoms with Gasteiger partial charge in [0.05, 0.1) is 0 Å². The minimum atomic E-state index is -0.464. The number of rotatable bonds is 7. The fourth-order valence-corrected chi connectivity index (χ4v) is 2.39. The summed E-state index contributed by atoms with van der Waals surface area (Å²) in [5.74, 6) is 1.40. The Morgan fingerprint density at radius 1 is 1.39 bits per heavy atom. The van der Waals surface area contributed by atoms with E-state index < -0.39 is 6.67 Å². The molecule has 1 aromatic carbocycles. The van der Waals surface area contributed by atoms with Gasteiger partial charge in [0.1, 0.15) is 19.0 Å². The third kappa shape index (κ3) is 4.94. The topological polar surface area (TPSA) is 21.3 Å². The molecule has 0 heterocycles. The van der Waals surface area contributed by atoms with Crippen LogP contribution in [-0.4, -0.2) is 19.8 Å². The Balaban J connectivity index is 2.78. The summed E-state index contributed by atoms with van der Waals surface area (Å²) in [6, 6.07) is 4.01. The second-order valence-corrected chi connectivity index (χ2v) is 5.69. The van der Waals surface area contributed by atoms with Gasteiger partial charge in [-0.3, -0.25) is 0 Å². The molecule has 0 aromatic heterocycles. The summed E-state index contributed by atoms with van der Waals surface area (Å²) in [4.78, 5) is 0. The van der Waals surface area contributed by atoms with E-state index in [0.717, 1.165) is 34.4 Å². The minimum absolute atomic E-state index is 0.111. The van der Waals surface area contributed by atoms with Crippen molar-refractivity contribution in [1.29, 1.82) is 0 Å². The Kier molecular flexibility index (Phi) is 6.65. The van der Waals surface area contributed by atoms with Crippen molar-refractivity contribution < 1.29 is 9.13 Å². The Labute approximate surface area is 117 Å². The zero-order chi connectivity index (χ0) is 13.5. The molecule has 0 saturated carbocycles. The Morgan fingerprint density at radius 3 is 2.72 bits per heavy atom. The Morgan fingerprint density at radius 2 is 2.11 bits per heavy atom. The van der Waals surface area contributed by atoms with Gasteiger partial charge in [0, 0.05) is 16.6 Å². The number of halogens is 2. The molecule has 0 aliphatic rings. The van der Waals surface area contributed by atoms with Crippen LogP contribution in [-0.2, 0) is 6.54 Å². The number of hydrogen-bond acceptors (Lipinski definition) is 2. The van der Waals surface area contributed by atoms with Crippen LogP contribution in [0.25, 0.3) is 0 Å². The largest absolute Gasteiger partial charge is 0.490 e. The Bertz CT molecular complexity index is 382. The van der Waals surface area contributed by atoms with Gasteiger partial charge in [0.2, 0.25) is 0 Å². The maximum Gasteiger partial charge on any atom is 0.126 e. The lowest BCUT2D eigenvalue weighted by atomic mass is 10.1. The van der Waals surface area contributed by atoms with Gasteiger partial charge in [-0.25, -0.2) is 4.39 Å². The molecule has 0 fully saturated rings. The predicted octanol–water partition coefficient (Wildman–Crippen LogP) is 3.85. The van der Waals surface area contributed by atoms with E-state index in [2.05, 4.69) is 35.1 Å². The zero-order valence-corrected chi connectivity index (χ0v) is 12.8. The fraction of sp³-hybridized carbons (Fsp3) is 0.571. The monoisotopic (exact) mass is 317 g/mol. The summed E-state index contributed by atoms with van der Waals surface area (Å²) < 4.78 is 18.7. The van der Waals surface area contributed by atoms with Gasteiger partial charge in [-0.2, -0.15) is 0 Å². The molecule has 0 aliphatic carbocycles. The standard InChI is InChI=1S/C14H21BrFNO/c1-10(2)8-17-9-12-7-13(15)6-11(3)14(12)18-5-4-16/h6-7,10,17H,4-5,8-9H2,1-3H3. The molecule has 2 nitrogen and oxygen atoms in total. The summed E-state index contributed by atoms with van der Waals surface area (Å²) in [5, 5.41) is 3.38. The lowest BCUT2D eigenvalue weighted by Crippen LogP contribution is -2.19. The fourth-order valence-electron chi connectivity index (χ4n) is 1.77. The highest BCUT2D eigenvalue weighted by Gasteiger charge is 2.09. The second-order valence-electron chi connectivity index (χ2n) is 4.77. The highest BCUT2D eigenvalue weighted by Crippen LogP contribution is 2.28. The van der Waals surface area contributed by atoms with Crippen LogP contribution in [0.15, 0.2) is 16.6 Å². The van der Waals surface area contributed by atoms with Crippen molar-refractivity contribution in [3.63, 3.8) is 0 Å².